The number of halogens is 2. The maximum Gasteiger partial charge on any atom is 0.258 e. The topological polar surface area (TPSA) is 130 Å². The number of rotatable bonds is 11. The minimum Gasteiger partial charge on any atom is -0.481 e. The Morgan fingerprint density at radius 3 is 2.39 bits per heavy atom. The summed E-state index contributed by atoms with van der Waals surface area (Å²) in [5, 5.41) is 20.2. The molecule has 1 aliphatic heterocycles. The molecule has 49 heavy (non-hydrogen) atoms. The summed E-state index contributed by atoms with van der Waals surface area (Å²) in [5.41, 5.74) is 6.28. The van der Waals surface area contributed by atoms with Crippen molar-refractivity contribution in [3.05, 3.63) is 105 Å². The van der Waals surface area contributed by atoms with Crippen LogP contribution in [0, 0.1) is 0 Å². The van der Waals surface area contributed by atoms with Crippen molar-refractivity contribution < 1.29 is 14.6 Å². The Kier molecular flexibility index (Phi) is 9.66. The van der Waals surface area contributed by atoms with Crippen molar-refractivity contribution in [1.82, 2.24) is 30.3 Å². The molecule has 252 valence electrons. The van der Waals surface area contributed by atoms with Gasteiger partial charge in [0.2, 0.25) is 11.8 Å². The van der Waals surface area contributed by atoms with Crippen LogP contribution in [0.1, 0.15) is 36.9 Å². The molecular formula is C37H36Cl2N6O4. The van der Waals surface area contributed by atoms with Crippen molar-refractivity contribution in [2.24, 2.45) is 0 Å². The molecule has 1 saturated heterocycles. The predicted octanol–water partition coefficient (Wildman–Crippen LogP) is 5.39. The molecule has 1 amide bonds. The number of nitrogens with zero attached hydrogens (tertiary/aromatic N) is 3. The molecule has 12 heteroatoms. The fourth-order valence-corrected chi connectivity index (χ4v) is 7.11. The number of pyridine rings is 2. The molecule has 0 unspecified atom stereocenters. The fourth-order valence-electron chi connectivity index (χ4n) is 6.45. The van der Waals surface area contributed by atoms with E-state index >= 15 is 0 Å². The molecule has 0 bridgehead atoms. The molecule has 2 aromatic carbocycles. The van der Waals surface area contributed by atoms with Crippen LogP contribution in [0.25, 0.3) is 39.2 Å². The lowest BCUT2D eigenvalue weighted by atomic mass is 9.89. The third-order valence-electron chi connectivity index (χ3n) is 9.20. The molecule has 0 spiro atoms. The van der Waals surface area contributed by atoms with Crippen LogP contribution in [0.5, 0.6) is 5.88 Å². The molecule has 10 nitrogen and oxygen atoms in total. The summed E-state index contributed by atoms with van der Waals surface area (Å²) < 4.78 is 7.16. The monoisotopic (exact) mass is 698 g/mol. The molecule has 2 aliphatic rings. The molecule has 0 radical (unpaired) electrons. The van der Waals surface area contributed by atoms with E-state index in [1.54, 1.807) is 13.3 Å². The standard InChI is InChI=1S/C37H36Cl2N6O4/c1-49-37-21(17-40-18-23-10-13-33(47)43-23)8-11-31(44-37)30-7-3-6-29(36(30)39)28-5-2-4-27(35(28)38)22-9-12-32-42-25(16-34(48)45(32)20-22)19-41-24-14-26(46)15-24/h2-9,11-12,16,20,23-24,26,40-41,46H,10,13-15,17-19H2,1H3,(H,43,47)/t23-,24-,26+/m1/s1. The molecule has 1 atom stereocenters. The van der Waals surface area contributed by atoms with Gasteiger partial charge in [-0.1, -0.05) is 65.7 Å². The van der Waals surface area contributed by atoms with Crippen LogP contribution < -0.4 is 26.2 Å². The second kappa shape index (κ2) is 14.3. The highest BCUT2D eigenvalue weighted by Gasteiger charge is 2.26. The molecule has 7 rings (SSSR count). The van der Waals surface area contributed by atoms with Gasteiger partial charge in [-0.25, -0.2) is 9.97 Å². The number of carbonyl (C=O) groups excluding carboxylic acids is 1. The van der Waals surface area contributed by atoms with Crippen LogP contribution in [0.2, 0.25) is 10.0 Å². The van der Waals surface area contributed by atoms with Gasteiger partial charge < -0.3 is 25.8 Å². The van der Waals surface area contributed by atoms with Gasteiger partial charge in [-0.2, -0.15) is 0 Å². The van der Waals surface area contributed by atoms with Crippen molar-refractivity contribution in [3.8, 4) is 39.4 Å². The van der Waals surface area contributed by atoms with E-state index in [1.165, 1.54) is 10.5 Å². The molecule has 1 aliphatic carbocycles. The van der Waals surface area contributed by atoms with Crippen LogP contribution in [0.4, 0.5) is 0 Å². The van der Waals surface area contributed by atoms with Crippen LogP contribution >= 0.6 is 23.2 Å². The summed E-state index contributed by atoms with van der Waals surface area (Å²) in [5.74, 6) is 0.584. The number of nitrogens with one attached hydrogen (secondary N) is 3. The zero-order chi connectivity index (χ0) is 34.1. The number of hydrogen-bond acceptors (Lipinski definition) is 8. The van der Waals surface area contributed by atoms with E-state index in [0.29, 0.717) is 71.9 Å². The Morgan fingerprint density at radius 2 is 1.67 bits per heavy atom. The SMILES string of the molecule is COc1nc(-c2cccc(-c3cccc(-c4ccc5nc(CN[C@H]6C[C@@H](O)C6)cc(=O)n5c4)c3Cl)c2Cl)ccc1CNC[C@H]1CCC(=O)N1. The zero-order valence-electron chi connectivity index (χ0n) is 26.9. The Labute approximate surface area is 293 Å². The van der Waals surface area contributed by atoms with Crippen molar-refractivity contribution in [2.75, 3.05) is 13.7 Å². The van der Waals surface area contributed by atoms with Crippen molar-refractivity contribution in [1.29, 1.82) is 0 Å². The molecule has 4 N–H and O–H groups in total. The van der Waals surface area contributed by atoms with E-state index in [2.05, 4.69) is 20.9 Å². The highest BCUT2D eigenvalue weighted by atomic mass is 35.5. The van der Waals surface area contributed by atoms with Crippen LogP contribution in [0.15, 0.2) is 77.7 Å². The number of hydrogen-bond donors (Lipinski definition) is 4. The van der Waals surface area contributed by atoms with Gasteiger partial charge in [-0.05, 0) is 37.5 Å². The first-order valence-electron chi connectivity index (χ1n) is 16.3. The lowest BCUT2D eigenvalue weighted by Gasteiger charge is -2.32. The van der Waals surface area contributed by atoms with Gasteiger partial charge >= 0.3 is 0 Å². The third-order valence-corrected chi connectivity index (χ3v) is 10.0. The van der Waals surface area contributed by atoms with E-state index in [-0.39, 0.29) is 29.7 Å². The maximum absolute atomic E-state index is 13.1. The first-order chi connectivity index (χ1) is 23.8. The Balaban J connectivity index is 1.13. The Bertz CT molecular complexity index is 2100. The second-order valence-corrected chi connectivity index (χ2v) is 13.3. The van der Waals surface area contributed by atoms with Gasteiger partial charge in [0.15, 0.2) is 0 Å². The highest BCUT2D eigenvalue weighted by Crippen LogP contribution is 2.42. The minimum atomic E-state index is -0.247. The largest absolute Gasteiger partial charge is 0.481 e. The molecule has 5 aromatic rings. The van der Waals surface area contributed by atoms with E-state index in [4.69, 9.17) is 32.9 Å². The maximum atomic E-state index is 13.1. The summed E-state index contributed by atoms with van der Waals surface area (Å²) in [6.45, 7) is 1.67. The minimum absolute atomic E-state index is 0.0933. The first-order valence-corrected chi connectivity index (χ1v) is 17.1. The third kappa shape index (κ3) is 7.06. The molecular weight excluding hydrogens is 663 g/mol. The quantitative estimate of drug-likeness (QED) is 0.145. The normalized spacial score (nSPS) is 18.8. The number of amides is 1. The van der Waals surface area contributed by atoms with Crippen LogP contribution in [-0.4, -0.2) is 57.2 Å². The number of aromatic nitrogens is 3. The number of methoxy groups -OCH3 is 1. The van der Waals surface area contributed by atoms with Crippen molar-refractivity contribution in [2.45, 2.75) is 57.0 Å². The average Bonchev–Trinajstić information content (AvgIpc) is 3.51. The summed E-state index contributed by atoms with van der Waals surface area (Å²) >= 11 is 14.2. The number of benzene rings is 2. The number of aliphatic hydroxyl groups is 1. The predicted molar refractivity (Wildman–Crippen MR) is 191 cm³/mol. The van der Waals surface area contributed by atoms with Crippen LogP contribution in [0.3, 0.4) is 0 Å². The molecule has 4 heterocycles. The molecule has 1 saturated carbocycles. The number of aliphatic hydroxyl groups excluding tert-OH is 1. The van der Waals surface area contributed by atoms with Gasteiger partial charge in [0.25, 0.3) is 5.56 Å². The molecule has 3 aromatic heterocycles. The van der Waals surface area contributed by atoms with E-state index in [1.807, 2.05) is 60.7 Å². The van der Waals surface area contributed by atoms with E-state index in [9.17, 15) is 14.7 Å². The van der Waals surface area contributed by atoms with Gasteiger partial charge in [-0.15, -0.1) is 0 Å². The summed E-state index contributed by atoms with van der Waals surface area (Å²) in [6, 6.07) is 21.0. The summed E-state index contributed by atoms with van der Waals surface area (Å²) in [6.07, 6.45) is 4.33. The number of ether oxygens (including phenoxy) is 1. The van der Waals surface area contributed by atoms with E-state index < -0.39 is 0 Å². The van der Waals surface area contributed by atoms with Crippen molar-refractivity contribution in [3.63, 3.8) is 0 Å². The summed E-state index contributed by atoms with van der Waals surface area (Å²) in [7, 11) is 1.59. The first kappa shape index (κ1) is 33.2. The van der Waals surface area contributed by atoms with Crippen LogP contribution in [-0.2, 0) is 17.9 Å². The summed E-state index contributed by atoms with van der Waals surface area (Å²) in [4.78, 5) is 34.1. The second-order valence-electron chi connectivity index (χ2n) is 12.6. The van der Waals surface area contributed by atoms with E-state index in [0.717, 1.165) is 39.8 Å². The van der Waals surface area contributed by atoms with Gasteiger partial charge in [0.1, 0.15) is 5.65 Å². The zero-order valence-corrected chi connectivity index (χ0v) is 28.4. The number of carbonyl (C=O) groups is 1. The lowest BCUT2D eigenvalue weighted by Crippen LogP contribution is -2.43. The molecule has 2 fully saturated rings. The smallest absolute Gasteiger partial charge is 0.258 e. The lowest BCUT2D eigenvalue weighted by molar-refractivity contribution is -0.119. The Morgan fingerprint density at radius 1 is 0.939 bits per heavy atom. The van der Waals surface area contributed by atoms with Gasteiger partial charge in [0, 0.05) is 83.8 Å². The van der Waals surface area contributed by atoms with Gasteiger partial charge in [0.05, 0.1) is 34.6 Å². The van der Waals surface area contributed by atoms with Crippen molar-refractivity contribution >= 4 is 34.8 Å². The Hall–Kier alpha value is -4.32. The highest BCUT2D eigenvalue weighted by molar-refractivity contribution is 6.39. The number of fused-ring (bicyclic) bond motifs is 1. The van der Waals surface area contributed by atoms with Gasteiger partial charge in [-0.3, -0.25) is 14.0 Å². The fraction of sp³-hybridized carbons (Fsp3) is 0.297. The average molecular weight is 700 g/mol.